The van der Waals surface area contributed by atoms with Crippen LogP contribution in [0, 0.1) is 11.6 Å². The zero-order valence-electron chi connectivity index (χ0n) is 32.5. The summed E-state index contributed by atoms with van der Waals surface area (Å²) >= 11 is 0. The van der Waals surface area contributed by atoms with E-state index in [-0.39, 0.29) is 76.2 Å². The summed E-state index contributed by atoms with van der Waals surface area (Å²) in [4.78, 5) is 47.9. The molecular weight excluding hydrogens is 840 g/mol. The number of furan rings is 2. The second-order valence-electron chi connectivity index (χ2n) is 12.9. The van der Waals surface area contributed by atoms with Crippen molar-refractivity contribution >= 4 is 55.8 Å². The van der Waals surface area contributed by atoms with E-state index in [0.29, 0.717) is 22.1 Å². The molecule has 0 bridgehead atoms. The maximum atomic E-state index is 13.4. The van der Waals surface area contributed by atoms with Gasteiger partial charge in [-0.2, -0.15) is 21.6 Å². The van der Waals surface area contributed by atoms with Gasteiger partial charge in [0.25, 0.3) is 11.8 Å². The second kappa shape index (κ2) is 18.5. The maximum Gasteiger partial charge on any atom is 0.534 e. The number of hydrogen-bond donors (Lipinski definition) is 3. The number of ether oxygens (including phenoxy) is 2. The van der Waals surface area contributed by atoms with Crippen LogP contribution in [0.1, 0.15) is 44.7 Å². The van der Waals surface area contributed by atoms with E-state index in [0.717, 1.165) is 25.3 Å². The van der Waals surface area contributed by atoms with E-state index < -0.39 is 56.8 Å². The van der Waals surface area contributed by atoms with Crippen molar-refractivity contribution < 1.29 is 77.1 Å². The highest BCUT2D eigenvalue weighted by atomic mass is 32.2. The van der Waals surface area contributed by atoms with Gasteiger partial charge < -0.3 is 38.2 Å². The van der Waals surface area contributed by atoms with Crippen molar-refractivity contribution in [2.75, 3.05) is 28.3 Å². The van der Waals surface area contributed by atoms with E-state index in [1.54, 1.807) is 6.07 Å². The number of phenolic OH excluding ortho intramolecular Hbond substituents is 1. The molecule has 0 saturated carbocycles. The molecule has 2 heterocycles. The number of hydrogen-bond acceptors (Lipinski definition) is 12. The lowest BCUT2D eigenvalue weighted by molar-refractivity contribution is -0.141. The van der Waals surface area contributed by atoms with E-state index in [2.05, 4.69) is 24.3 Å². The molecule has 0 unspecified atom stereocenters. The van der Waals surface area contributed by atoms with Crippen LogP contribution in [0.3, 0.4) is 0 Å². The van der Waals surface area contributed by atoms with Crippen LogP contribution in [-0.4, -0.2) is 71.1 Å². The van der Waals surface area contributed by atoms with Crippen LogP contribution in [-0.2, 0) is 42.0 Å². The summed E-state index contributed by atoms with van der Waals surface area (Å²) in [6, 6.07) is 15.5. The zero-order chi connectivity index (χ0) is 44.8. The van der Waals surface area contributed by atoms with Crippen LogP contribution in [0.15, 0.2) is 81.6 Å². The molecule has 2 amide bonds. The third kappa shape index (κ3) is 10.1. The molecule has 6 aromatic rings. The highest BCUT2D eigenvalue weighted by molar-refractivity contribution is 7.88. The van der Waals surface area contributed by atoms with E-state index in [1.807, 2.05) is 0 Å². The Labute approximate surface area is 343 Å². The van der Waals surface area contributed by atoms with Gasteiger partial charge >= 0.3 is 27.6 Å². The third-order valence-corrected chi connectivity index (χ3v) is 9.98. The normalized spacial score (nSPS) is 11.4. The Balaban J connectivity index is 0.000000237. The number of methoxy groups -OCH3 is 2. The van der Waals surface area contributed by atoms with Crippen LogP contribution in [0.4, 0.5) is 22.0 Å². The van der Waals surface area contributed by atoms with Gasteiger partial charge in [0.15, 0.2) is 0 Å². The molecule has 0 aliphatic heterocycles. The van der Waals surface area contributed by atoms with Gasteiger partial charge in [-0.1, -0.05) is 0 Å². The minimum atomic E-state index is -6.06. The summed E-state index contributed by atoms with van der Waals surface area (Å²) < 4.78 is 114. The standard InChI is InChI=1S/C21H17F4NO7S.C20H18FNO5/c1-26-20(28)18-14-10-15(33-34(29,30)21(23,24)25)12(5-8-17(27)31-2)9-16(14)32-19(18)11-3-6-13(22)7-4-11;1-22-20(25)18-14-10-15(23)12(5-8-17(24)26-2)9-16(14)27-19(18)11-3-6-13(21)7-4-11/h3-4,6-7,9-10H,5,8H2,1-2H3,(H,26,28);3-4,6-7,9-10,23H,5,8H2,1-2H3,(H,22,25). The molecule has 4 aromatic carbocycles. The Morgan fingerprint density at radius 2 is 1.08 bits per heavy atom. The number of rotatable bonds is 12. The quantitative estimate of drug-likeness (QED) is 0.0479. The lowest BCUT2D eigenvalue weighted by atomic mass is 10.0. The molecule has 322 valence electrons. The lowest BCUT2D eigenvalue weighted by Crippen LogP contribution is -2.28. The molecule has 0 saturated heterocycles. The molecular formula is C41H35F5N2O12S. The van der Waals surface area contributed by atoms with Gasteiger partial charge in [0, 0.05) is 54.4 Å². The number of esters is 2. The Morgan fingerprint density at radius 1 is 0.672 bits per heavy atom. The largest absolute Gasteiger partial charge is 0.534 e. The first-order chi connectivity index (χ1) is 28.8. The summed E-state index contributed by atoms with van der Waals surface area (Å²) in [5, 5.41) is 15.6. The van der Waals surface area contributed by atoms with Crippen molar-refractivity contribution in [2.24, 2.45) is 0 Å². The smallest absolute Gasteiger partial charge is 0.508 e. The first-order valence-electron chi connectivity index (χ1n) is 17.8. The first kappa shape index (κ1) is 45.1. The predicted octanol–water partition coefficient (Wildman–Crippen LogP) is 7.34. The minimum Gasteiger partial charge on any atom is -0.508 e. The highest BCUT2D eigenvalue weighted by Crippen LogP contribution is 2.40. The fraction of sp³-hybridized carbons (Fsp3) is 0.220. The molecule has 6 rings (SSSR count). The van der Waals surface area contributed by atoms with Gasteiger partial charge in [-0.05, 0) is 91.2 Å². The number of halogens is 5. The Kier molecular flexibility index (Phi) is 13.7. The topological polar surface area (TPSA) is 201 Å². The van der Waals surface area contributed by atoms with E-state index in [1.165, 1.54) is 69.7 Å². The Bertz CT molecular complexity index is 2730. The number of nitrogens with one attached hydrogen (secondary N) is 2. The molecule has 2 aromatic heterocycles. The average Bonchev–Trinajstić information content (AvgIpc) is 3.79. The van der Waals surface area contributed by atoms with Crippen LogP contribution in [0.25, 0.3) is 44.6 Å². The minimum absolute atomic E-state index is 0.00505. The summed E-state index contributed by atoms with van der Waals surface area (Å²) in [7, 11) is -0.881. The van der Waals surface area contributed by atoms with Gasteiger partial charge in [-0.15, -0.1) is 0 Å². The van der Waals surface area contributed by atoms with Crippen molar-refractivity contribution in [2.45, 2.75) is 31.2 Å². The van der Waals surface area contributed by atoms with Crippen LogP contribution in [0.2, 0.25) is 0 Å². The number of carbonyl (C=O) groups excluding carboxylic acids is 4. The Morgan fingerprint density at radius 3 is 1.49 bits per heavy atom. The van der Waals surface area contributed by atoms with Crippen molar-refractivity contribution in [1.82, 2.24) is 10.6 Å². The number of phenols is 1. The zero-order valence-corrected chi connectivity index (χ0v) is 33.3. The number of aromatic hydroxyl groups is 1. The molecule has 3 N–H and O–H groups in total. The van der Waals surface area contributed by atoms with Gasteiger partial charge in [0.2, 0.25) is 0 Å². The summed E-state index contributed by atoms with van der Waals surface area (Å²) in [6.07, 6.45) is -0.203. The summed E-state index contributed by atoms with van der Waals surface area (Å²) in [5.74, 6) is -3.72. The van der Waals surface area contributed by atoms with Crippen LogP contribution < -0.4 is 14.8 Å². The second-order valence-corrected chi connectivity index (χ2v) is 14.4. The van der Waals surface area contributed by atoms with E-state index >= 15 is 0 Å². The predicted molar refractivity (Wildman–Crippen MR) is 208 cm³/mol. The highest BCUT2D eigenvalue weighted by Gasteiger charge is 2.49. The number of alkyl halides is 3. The number of aryl methyl sites for hydroxylation is 2. The average molecular weight is 875 g/mol. The molecule has 20 heteroatoms. The molecule has 0 atom stereocenters. The van der Waals surface area contributed by atoms with Crippen LogP contribution in [0.5, 0.6) is 11.5 Å². The van der Waals surface area contributed by atoms with Crippen molar-refractivity contribution in [3.8, 4) is 34.1 Å². The van der Waals surface area contributed by atoms with Gasteiger partial charge in [0.05, 0.1) is 25.3 Å². The molecule has 14 nitrogen and oxygen atoms in total. The fourth-order valence-corrected chi connectivity index (χ4v) is 6.45. The van der Waals surface area contributed by atoms with E-state index in [4.69, 9.17) is 8.83 Å². The van der Waals surface area contributed by atoms with Gasteiger partial charge in [-0.25, -0.2) is 8.78 Å². The Hall–Kier alpha value is -6.96. The van der Waals surface area contributed by atoms with Crippen molar-refractivity contribution in [1.29, 1.82) is 0 Å². The molecule has 0 aliphatic rings. The van der Waals surface area contributed by atoms with Gasteiger partial charge in [0.1, 0.15) is 45.8 Å². The summed E-state index contributed by atoms with van der Waals surface area (Å²) in [5.41, 5.74) is -4.06. The fourth-order valence-electron chi connectivity index (χ4n) is 5.96. The maximum absolute atomic E-state index is 13.4. The molecule has 0 spiro atoms. The molecule has 0 aliphatic carbocycles. The number of amides is 2. The van der Waals surface area contributed by atoms with E-state index in [9.17, 15) is 54.7 Å². The number of benzene rings is 4. The molecule has 0 radical (unpaired) electrons. The molecule has 0 fully saturated rings. The summed E-state index contributed by atoms with van der Waals surface area (Å²) in [6.45, 7) is 0. The SMILES string of the molecule is CNC(=O)c1c(-c2ccc(F)cc2)oc2cc(CCC(=O)OC)c(O)cc12.CNC(=O)c1c(-c2ccc(F)cc2)oc2cc(CCC(=O)OC)c(OS(=O)(=O)C(F)(F)F)cc12. The number of fused-ring (bicyclic) bond motifs is 2. The number of carbonyl (C=O) groups is 4. The third-order valence-electron chi connectivity index (χ3n) is 9.02. The molecule has 61 heavy (non-hydrogen) atoms. The monoisotopic (exact) mass is 874 g/mol. The van der Waals surface area contributed by atoms with Gasteiger partial charge in [-0.3, -0.25) is 19.2 Å². The first-order valence-corrected chi connectivity index (χ1v) is 19.2. The van der Waals surface area contributed by atoms with Crippen molar-refractivity contribution in [3.05, 3.63) is 107 Å². The lowest BCUT2D eigenvalue weighted by Gasteiger charge is -2.13. The van der Waals surface area contributed by atoms with Crippen molar-refractivity contribution in [3.63, 3.8) is 0 Å². The van der Waals surface area contributed by atoms with Crippen LogP contribution >= 0.6 is 0 Å².